The number of likely N-dealkylation sites (tertiary alicyclic amines) is 1. The highest BCUT2D eigenvalue weighted by atomic mass is 127. The number of guanidine groups is 1. The zero-order chi connectivity index (χ0) is 18.6. The van der Waals surface area contributed by atoms with Crippen LogP contribution in [0.4, 0.5) is 5.69 Å². The van der Waals surface area contributed by atoms with E-state index in [0.717, 1.165) is 44.5 Å². The number of nitrogens with one attached hydrogen (secondary N) is 2. The lowest BCUT2D eigenvalue weighted by Gasteiger charge is -2.23. The Hall–Kier alpha value is -1.02. The molecule has 1 aromatic rings. The Labute approximate surface area is 183 Å². The van der Waals surface area contributed by atoms with Gasteiger partial charge in [-0.2, -0.15) is 0 Å². The Kier molecular flexibility index (Phi) is 12.5. The number of para-hydroxylation sites is 1. The number of rotatable bonds is 10. The van der Waals surface area contributed by atoms with Gasteiger partial charge in [-0.3, -0.25) is 4.99 Å². The van der Waals surface area contributed by atoms with E-state index in [2.05, 4.69) is 69.6 Å². The predicted molar refractivity (Wildman–Crippen MR) is 129 cm³/mol. The lowest BCUT2D eigenvalue weighted by atomic mass is 10.1. The fourth-order valence-corrected chi connectivity index (χ4v) is 3.65. The highest BCUT2D eigenvalue weighted by Crippen LogP contribution is 2.15. The van der Waals surface area contributed by atoms with Crippen molar-refractivity contribution in [2.24, 2.45) is 10.9 Å². The second kappa shape index (κ2) is 14.0. The van der Waals surface area contributed by atoms with Gasteiger partial charge in [-0.15, -0.1) is 24.0 Å². The average Bonchev–Trinajstić information content (AvgIpc) is 3.13. The number of benzene rings is 1. The van der Waals surface area contributed by atoms with Crippen molar-refractivity contribution in [1.82, 2.24) is 15.5 Å². The number of halogens is 1. The van der Waals surface area contributed by atoms with Gasteiger partial charge in [-0.1, -0.05) is 25.1 Å². The van der Waals surface area contributed by atoms with Crippen LogP contribution in [0.2, 0.25) is 0 Å². The smallest absolute Gasteiger partial charge is 0.190 e. The summed E-state index contributed by atoms with van der Waals surface area (Å²) in [7, 11) is 1.86. The molecule has 1 aliphatic rings. The minimum atomic E-state index is 0. The maximum absolute atomic E-state index is 4.37. The Morgan fingerprint density at radius 2 is 2.00 bits per heavy atom. The Balaban J connectivity index is 0.00000364. The zero-order valence-electron chi connectivity index (χ0n) is 17.3. The molecule has 27 heavy (non-hydrogen) atoms. The Morgan fingerprint density at radius 1 is 1.22 bits per heavy atom. The highest BCUT2D eigenvalue weighted by Gasteiger charge is 2.21. The summed E-state index contributed by atoms with van der Waals surface area (Å²) >= 11 is 0. The highest BCUT2D eigenvalue weighted by molar-refractivity contribution is 14.0. The van der Waals surface area contributed by atoms with Gasteiger partial charge in [0.25, 0.3) is 0 Å². The van der Waals surface area contributed by atoms with E-state index in [0.29, 0.717) is 0 Å². The van der Waals surface area contributed by atoms with Gasteiger partial charge >= 0.3 is 0 Å². The lowest BCUT2D eigenvalue weighted by molar-refractivity contribution is 0.324. The fourth-order valence-electron chi connectivity index (χ4n) is 3.65. The molecule has 0 saturated carbocycles. The molecule has 1 aromatic carbocycles. The molecular formula is C21H38IN5. The fraction of sp³-hybridized carbons (Fsp3) is 0.667. The van der Waals surface area contributed by atoms with Crippen molar-refractivity contribution >= 4 is 35.6 Å². The minimum absolute atomic E-state index is 0. The van der Waals surface area contributed by atoms with E-state index in [1.54, 1.807) is 0 Å². The van der Waals surface area contributed by atoms with E-state index in [1.807, 2.05) is 7.05 Å². The van der Waals surface area contributed by atoms with E-state index in [4.69, 9.17) is 0 Å². The summed E-state index contributed by atoms with van der Waals surface area (Å²) in [6.07, 6.45) is 3.64. The largest absolute Gasteiger partial charge is 0.372 e. The molecule has 1 aliphatic heterocycles. The molecule has 0 spiro atoms. The monoisotopic (exact) mass is 487 g/mol. The second-order valence-electron chi connectivity index (χ2n) is 7.10. The molecule has 5 nitrogen and oxygen atoms in total. The van der Waals surface area contributed by atoms with Gasteiger partial charge in [0.1, 0.15) is 0 Å². The number of aliphatic imine (C=N–C) groups is 1. The lowest BCUT2D eigenvalue weighted by Crippen LogP contribution is -2.41. The summed E-state index contributed by atoms with van der Waals surface area (Å²) in [6, 6.07) is 10.6. The summed E-state index contributed by atoms with van der Waals surface area (Å²) in [5.41, 5.74) is 1.30. The summed E-state index contributed by atoms with van der Waals surface area (Å²) in [5.74, 6) is 1.68. The van der Waals surface area contributed by atoms with Crippen LogP contribution in [-0.4, -0.2) is 63.7 Å². The zero-order valence-corrected chi connectivity index (χ0v) is 19.6. The SMILES string of the molecule is CCCN1CCC(CNC(=NC)NCCCN(CC)c2ccccc2)C1.I. The van der Waals surface area contributed by atoms with Crippen LogP contribution in [0.3, 0.4) is 0 Å². The van der Waals surface area contributed by atoms with Gasteiger partial charge in [0.05, 0.1) is 0 Å². The number of nitrogens with zero attached hydrogens (tertiary/aromatic N) is 3. The van der Waals surface area contributed by atoms with Crippen LogP contribution in [0.5, 0.6) is 0 Å². The van der Waals surface area contributed by atoms with Crippen molar-refractivity contribution in [2.75, 3.05) is 57.8 Å². The van der Waals surface area contributed by atoms with Crippen LogP contribution >= 0.6 is 24.0 Å². The summed E-state index contributed by atoms with van der Waals surface area (Å²) in [5, 5.41) is 6.97. The quantitative estimate of drug-likeness (QED) is 0.230. The maximum atomic E-state index is 4.37. The molecule has 0 aromatic heterocycles. The van der Waals surface area contributed by atoms with Gasteiger partial charge in [0.2, 0.25) is 0 Å². The first-order chi connectivity index (χ1) is 12.8. The average molecular weight is 487 g/mol. The molecular weight excluding hydrogens is 449 g/mol. The standard InChI is InChI=1S/C21H37N5.HI/c1-4-14-25-16-12-19(18-25)17-24-21(22-3)23-13-9-15-26(5-2)20-10-7-6-8-11-20;/h6-8,10-11,19H,4-5,9,12-18H2,1-3H3,(H2,22,23,24);1H. The third-order valence-electron chi connectivity index (χ3n) is 5.09. The molecule has 1 fully saturated rings. The Bertz CT molecular complexity index is 523. The van der Waals surface area contributed by atoms with Crippen molar-refractivity contribution in [3.63, 3.8) is 0 Å². The van der Waals surface area contributed by atoms with Crippen LogP contribution in [0.15, 0.2) is 35.3 Å². The summed E-state index contributed by atoms with van der Waals surface area (Å²) < 4.78 is 0. The minimum Gasteiger partial charge on any atom is -0.372 e. The molecule has 0 bridgehead atoms. The van der Waals surface area contributed by atoms with Crippen LogP contribution in [0, 0.1) is 5.92 Å². The molecule has 154 valence electrons. The van der Waals surface area contributed by atoms with Crippen LogP contribution in [-0.2, 0) is 0 Å². The van der Waals surface area contributed by atoms with Crippen LogP contribution < -0.4 is 15.5 Å². The van der Waals surface area contributed by atoms with E-state index in [1.165, 1.54) is 38.2 Å². The molecule has 2 N–H and O–H groups in total. The van der Waals surface area contributed by atoms with Crippen LogP contribution in [0.25, 0.3) is 0 Å². The topological polar surface area (TPSA) is 42.9 Å². The van der Waals surface area contributed by atoms with E-state index in [9.17, 15) is 0 Å². The van der Waals surface area contributed by atoms with Crippen molar-refractivity contribution in [3.8, 4) is 0 Å². The molecule has 1 heterocycles. The van der Waals surface area contributed by atoms with Gasteiger partial charge in [-0.05, 0) is 57.3 Å². The molecule has 0 amide bonds. The molecule has 6 heteroatoms. The van der Waals surface area contributed by atoms with Crippen molar-refractivity contribution in [1.29, 1.82) is 0 Å². The number of hydrogen-bond acceptors (Lipinski definition) is 3. The first kappa shape index (κ1) is 24.0. The van der Waals surface area contributed by atoms with E-state index in [-0.39, 0.29) is 24.0 Å². The van der Waals surface area contributed by atoms with Crippen molar-refractivity contribution in [3.05, 3.63) is 30.3 Å². The van der Waals surface area contributed by atoms with Crippen LogP contribution in [0.1, 0.15) is 33.1 Å². The summed E-state index contributed by atoms with van der Waals surface area (Å²) in [4.78, 5) is 9.36. The van der Waals surface area contributed by atoms with E-state index < -0.39 is 0 Å². The first-order valence-corrected chi connectivity index (χ1v) is 10.2. The van der Waals surface area contributed by atoms with E-state index >= 15 is 0 Å². The predicted octanol–water partition coefficient (Wildman–Crippen LogP) is 3.42. The first-order valence-electron chi connectivity index (χ1n) is 10.2. The van der Waals surface area contributed by atoms with Crippen molar-refractivity contribution < 1.29 is 0 Å². The third-order valence-corrected chi connectivity index (χ3v) is 5.09. The second-order valence-corrected chi connectivity index (χ2v) is 7.10. The number of anilines is 1. The van der Waals surface area contributed by atoms with Crippen molar-refractivity contribution in [2.45, 2.75) is 33.1 Å². The number of hydrogen-bond donors (Lipinski definition) is 2. The van der Waals surface area contributed by atoms with Gasteiger partial charge in [-0.25, -0.2) is 0 Å². The molecule has 1 saturated heterocycles. The maximum Gasteiger partial charge on any atom is 0.190 e. The Morgan fingerprint density at radius 3 is 2.67 bits per heavy atom. The van der Waals surface area contributed by atoms with Gasteiger partial charge in [0.15, 0.2) is 5.96 Å². The van der Waals surface area contributed by atoms with Gasteiger partial charge < -0.3 is 20.4 Å². The molecule has 1 unspecified atom stereocenters. The molecule has 2 rings (SSSR count). The summed E-state index contributed by atoms with van der Waals surface area (Å²) in [6.45, 7) is 12.2. The molecule has 0 aliphatic carbocycles. The normalized spacial score (nSPS) is 17.4. The molecule has 1 atom stereocenters. The van der Waals surface area contributed by atoms with Gasteiger partial charge in [0, 0.05) is 45.5 Å². The molecule has 0 radical (unpaired) electrons. The third kappa shape index (κ3) is 8.68.